The highest BCUT2D eigenvalue weighted by atomic mass is 32.1. The smallest absolute Gasteiger partial charge is 0.145 e. The third-order valence-corrected chi connectivity index (χ3v) is 1.67. The van der Waals surface area contributed by atoms with Crippen molar-refractivity contribution in [2.45, 2.75) is 13.1 Å². The zero-order chi connectivity index (χ0) is 6.85. The van der Waals surface area contributed by atoms with Gasteiger partial charge in [0, 0.05) is 12.4 Å². The van der Waals surface area contributed by atoms with E-state index in [0.29, 0.717) is 0 Å². The first-order valence-electron chi connectivity index (χ1n) is 2.73. The van der Waals surface area contributed by atoms with Crippen LogP contribution >= 0.6 is 12.2 Å². The lowest BCUT2D eigenvalue weighted by Gasteiger charge is -2.15. The van der Waals surface area contributed by atoms with Gasteiger partial charge in [-0.15, -0.1) is 0 Å². The second-order valence-electron chi connectivity index (χ2n) is 1.98. The van der Waals surface area contributed by atoms with Gasteiger partial charge in [-0.1, -0.05) is 12.2 Å². The molecule has 4 heteroatoms. The minimum atomic E-state index is 0.111. The second kappa shape index (κ2) is 2.31. The molecule has 1 aliphatic rings. The summed E-state index contributed by atoms with van der Waals surface area (Å²) < 4.78 is 0. The Hall–Kier alpha value is -0.640. The molecule has 0 aromatic carbocycles. The Kier molecular flexibility index (Phi) is 1.66. The van der Waals surface area contributed by atoms with Crippen LogP contribution in [0.2, 0.25) is 0 Å². The van der Waals surface area contributed by atoms with Crippen LogP contribution < -0.4 is 5.43 Å². The topological polar surface area (TPSA) is 27.6 Å². The average Bonchev–Trinajstić information content (AvgIpc) is 2.15. The van der Waals surface area contributed by atoms with Crippen molar-refractivity contribution in [3.8, 4) is 0 Å². The van der Waals surface area contributed by atoms with Gasteiger partial charge in [-0.3, -0.25) is 5.43 Å². The van der Waals surface area contributed by atoms with Crippen molar-refractivity contribution in [1.82, 2.24) is 10.3 Å². The molecule has 0 spiro atoms. The molecule has 0 radical (unpaired) electrons. The summed E-state index contributed by atoms with van der Waals surface area (Å²) in [5.41, 5.74) is 2.86. The van der Waals surface area contributed by atoms with E-state index >= 15 is 0 Å². The summed E-state index contributed by atoms with van der Waals surface area (Å²) in [4.78, 5) is 1.98. The van der Waals surface area contributed by atoms with Gasteiger partial charge in [-0.05, 0) is 6.92 Å². The van der Waals surface area contributed by atoms with Gasteiger partial charge in [-0.25, -0.2) is 0 Å². The Morgan fingerprint density at radius 1 is 1.89 bits per heavy atom. The minimum Gasteiger partial charge on any atom is -0.336 e. The van der Waals surface area contributed by atoms with Crippen molar-refractivity contribution in [2.75, 3.05) is 7.05 Å². The van der Waals surface area contributed by atoms with Crippen LogP contribution in [0.4, 0.5) is 0 Å². The van der Waals surface area contributed by atoms with E-state index in [-0.39, 0.29) is 6.17 Å². The summed E-state index contributed by atoms with van der Waals surface area (Å²) in [7, 11) is 1.95. The van der Waals surface area contributed by atoms with Crippen molar-refractivity contribution in [3.63, 3.8) is 0 Å². The molecular formula is C5H9N3S. The van der Waals surface area contributed by atoms with Crippen molar-refractivity contribution < 1.29 is 0 Å². The van der Waals surface area contributed by atoms with Crippen LogP contribution in [-0.4, -0.2) is 29.3 Å². The van der Waals surface area contributed by atoms with Gasteiger partial charge in [0.1, 0.15) is 12.0 Å². The number of thiocarbonyl (C=S) groups is 1. The van der Waals surface area contributed by atoms with E-state index in [1.807, 2.05) is 18.9 Å². The van der Waals surface area contributed by atoms with Gasteiger partial charge in [-0.2, -0.15) is 5.10 Å². The molecule has 0 saturated heterocycles. The lowest BCUT2D eigenvalue weighted by Crippen LogP contribution is -2.36. The molecular weight excluding hydrogens is 134 g/mol. The minimum absolute atomic E-state index is 0.111. The van der Waals surface area contributed by atoms with E-state index in [1.165, 1.54) is 0 Å². The lowest BCUT2D eigenvalue weighted by atomic mass is 10.5. The Morgan fingerprint density at radius 2 is 2.56 bits per heavy atom. The van der Waals surface area contributed by atoms with E-state index in [0.717, 1.165) is 5.84 Å². The highest BCUT2D eigenvalue weighted by molar-refractivity contribution is 7.79. The standard InChI is InChI=1S/C5H9N3S/c1-4-6-7-5(3-9)8(4)2/h3,5,7H,1-2H3. The fraction of sp³-hybridized carbons (Fsp3) is 0.600. The van der Waals surface area contributed by atoms with Gasteiger partial charge < -0.3 is 4.90 Å². The highest BCUT2D eigenvalue weighted by Gasteiger charge is 2.16. The van der Waals surface area contributed by atoms with Crippen LogP contribution in [-0.2, 0) is 0 Å². The van der Waals surface area contributed by atoms with Gasteiger partial charge >= 0.3 is 0 Å². The fourth-order valence-electron chi connectivity index (χ4n) is 0.648. The zero-order valence-corrected chi connectivity index (χ0v) is 6.27. The van der Waals surface area contributed by atoms with Crippen LogP contribution in [0, 0.1) is 0 Å². The van der Waals surface area contributed by atoms with Gasteiger partial charge in [0.05, 0.1) is 0 Å². The predicted octanol–water partition coefficient (Wildman–Crippen LogP) is 0.181. The van der Waals surface area contributed by atoms with Crippen LogP contribution in [0.3, 0.4) is 0 Å². The fourth-order valence-corrected chi connectivity index (χ4v) is 0.891. The molecule has 9 heavy (non-hydrogen) atoms. The molecule has 0 saturated carbocycles. The number of hydrazone groups is 1. The molecule has 1 rings (SSSR count). The summed E-state index contributed by atoms with van der Waals surface area (Å²) in [6.07, 6.45) is 0.111. The molecule has 3 nitrogen and oxygen atoms in total. The van der Waals surface area contributed by atoms with Crippen molar-refractivity contribution in [2.24, 2.45) is 5.10 Å². The normalized spacial score (nSPS) is 25.3. The molecule has 0 fully saturated rings. The third-order valence-electron chi connectivity index (χ3n) is 1.42. The van der Waals surface area contributed by atoms with E-state index in [2.05, 4.69) is 10.5 Å². The first kappa shape index (κ1) is 6.48. The summed E-state index contributed by atoms with van der Waals surface area (Å²) in [5.74, 6) is 0.973. The Morgan fingerprint density at radius 3 is 2.78 bits per heavy atom. The molecule has 0 aliphatic carbocycles. The van der Waals surface area contributed by atoms with Crippen molar-refractivity contribution in [3.05, 3.63) is 0 Å². The lowest BCUT2D eigenvalue weighted by molar-refractivity contribution is 0.445. The largest absolute Gasteiger partial charge is 0.336 e. The first-order valence-corrected chi connectivity index (χ1v) is 3.21. The van der Waals surface area contributed by atoms with E-state index in [9.17, 15) is 0 Å². The summed E-state index contributed by atoms with van der Waals surface area (Å²) in [5, 5.41) is 5.62. The molecule has 1 atom stereocenters. The molecule has 1 unspecified atom stereocenters. The van der Waals surface area contributed by atoms with E-state index in [4.69, 9.17) is 12.2 Å². The van der Waals surface area contributed by atoms with Crippen molar-refractivity contribution >= 4 is 23.4 Å². The molecule has 0 bridgehead atoms. The molecule has 1 heterocycles. The van der Waals surface area contributed by atoms with Crippen LogP contribution in [0.15, 0.2) is 5.10 Å². The van der Waals surface area contributed by atoms with Crippen LogP contribution in [0.5, 0.6) is 0 Å². The molecule has 50 valence electrons. The second-order valence-corrected chi connectivity index (χ2v) is 2.25. The first-order chi connectivity index (χ1) is 4.25. The number of hydrogen-bond donors (Lipinski definition) is 1. The quantitative estimate of drug-likeness (QED) is 0.531. The number of nitrogens with zero attached hydrogens (tertiary/aromatic N) is 2. The number of amidine groups is 1. The molecule has 1 N–H and O–H groups in total. The Labute approximate surface area is 59.7 Å². The number of hydrogen-bond acceptors (Lipinski definition) is 4. The van der Waals surface area contributed by atoms with Gasteiger partial charge in [0.2, 0.25) is 0 Å². The number of nitrogens with one attached hydrogen (secondary N) is 1. The van der Waals surface area contributed by atoms with E-state index < -0.39 is 0 Å². The number of rotatable bonds is 1. The third kappa shape index (κ3) is 1.03. The van der Waals surface area contributed by atoms with Crippen LogP contribution in [0.1, 0.15) is 6.92 Å². The monoisotopic (exact) mass is 143 g/mol. The average molecular weight is 143 g/mol. The van der Waals surface area contributed by atoms with Crippen LogP contribution in [0.25, 0.3) is 0 Å². The summed E-state index contributed by atoms with van der Waals surface area (Å²) >= 11 is 4.74. The van der Waals surface area contributed by atoms with Gasteiger partial charge in [0.25, 0.3) is 0 Å². The Bertz CT molecular complexity index is 154. The molecule has 0 amide bonds. The molecule has 0 aromatic heterocycles. The molecule has 0 aromatic rings. The Balaban J connectivity index is 2.61. The zero-order valence-electron chi connectivity index (χ0n) is 5.46. The maximum atomic E-state index is 4.74. The summed E-state index contributed by atoms with van der Waals surface area (Å²) in [6.45, 7) is 1.94. The maximum Gasteiger partial charge on any atom is 0.145 e. The SMILES string of the molecule is CC1=NNC(C=S)N1C. The predicted molar refractivity (Wildman–Crippen MR) is 41.5 cm³/mol. The molecule has 1 aliphatic heterocycles. The van der Waals surface area contributed by atoms with Crippen molar-refractivity contribution in [1.29, 1.82) is 0 Å². The summed E-state index contributed by atoms with van der Waals surface area (Å²) in [6, 6.07) is 0. The van der Waals surface area contributed by atoms with E-state index in [1.54, 1.807) is 5.37 Å². The van der Waals surface area contributed by atoms with Gasteiger partial charge in [0.15, 0.2) is 0 Å². The highest BCUT2D eigenvalue weighted by Crippen LogP contribution is 1.99. The maximum absolute atomic E-state index is 4.74.